The maximum Gasteiger partial charge on any atom is 0.164 e. The Balaban J connectivity index is 1.06. The van der Waals surface area contributed by atoms with E-state index in [0.717, 1.165) is 33.2 Å². The van der Waals surface area contributed by atoms with Gasteiger partial charge in [-0.3, -0.25) is 4.98 Å². The Kier molecular flexibility index (Phi) is 6.60. The fourth-order valence-electron chi connectivity index (χ4n) is 8.83. The van der Waals surface area contributed by atoms with Crippen LogP contribution in [0.2, 0.25) is 0 Å². The van der Waals surface area contributed by atoms with Crippen LogP contribution in [0.25, 0.3) is 121 Å². The van der Waals surface area contributed by atoms with Crippen LogP contribution in [0, 0.1) is 0 Å². The first-order chi connectivity index (χ1) is 27.7. The summed E-state index contributed by atoms with van der Waals surface area (Å²) in [5.74, 6) is 1.89. The third-order valence-corrected chi connectivity index (χ3v) is 11.4. The summed E-state index contributed by atoms with van der Waals surface area (Å²) in [6.45, 7) is 0. The molecule has 258 valence electrons. The van der Waals surface area contributed by atoms with Crippen molar-refractivity contribution >= 4 is 75.5 Å². The molecule has 0 aliphatic heterocycles. The molecule has 2 heterocycles. The third kappa shape index (κ3) is 4.73. The number of hydrogen-bond acceptors (Lipinski definition) is 4. The number of rotatable bonds is 4. The Morgan fingerprint density at radius 2 is 0.750 bits per heavy atom. The van der Waals surface area contributed by atoms with Gasteiger partial charge in [-0.2, -0.15) is 0 Å². The van der Waals surface area contributed by atoms with Crippen molar-refractivity contribution in [3.63, 3.8) is 0 Å². The minimum Gasteiger partial charge on any atom is -0.256 e. The average molecular weight is 711 g/mol. The van der Waals surface area contributed by atoms with E-state index >= 15 is 0 Å². The van der Waals surface area contributed by atoms with Crippen LogP contribution in [0.4, 0.5) is 0 Å². The monoisotopic (exact) mass is 710 g/mol. The second-order valence-electron chi connectivity index (χ2n) is 14.6. The number of benzene rings is 9. The number of nitrogens with zero attached hydrogens (tertiary/aromatic N) is 4. The van der Waals surface area contributed by atoms with Gasteiger partial charge in [0.1, 0.15) is 0 Å². The van der Waals surface area contributed by atoms with E-state index in [1.807, 2.05) is 54.7 Å². The molecule has 12 rings (SSSR count). The molecular formula is C52H30N4. The van der Waals surface area contributed by atoms with Gasteiger partial charge in [0.2, 0.25) is 0 Å². The van der Waals surface area contributed by atoms with Crippen molar-refractivity contribution in [1.29, 1.82) is 0 Å². The van der Waals surface area contributed by atoms with Crippen LogP contribution in [0.5, 0.6) is 0 Å². The lowest BCUT2D eigenvalue weighted by atomic mass is 9.86. The summed E-state index contributed by atoms with van der Waals surface area (Å²) >= 11 is 0. The van der Waals surface area contributed by atoms with Gasteiger partial charge < -0.3 is 0 Å². The molecule has 0 N–H and O–H groups in total. The van der Waals surface area contributed by atoms with Crippen molar-refractivity contribution in [2.45, 2.75) is 0 Å². The van der Waals surface area contributed by atoms with E-state index in [-0.39, 0.29) is 0 Å². The van der Waals surface area contributed by atoms with Crippen LogP contribution in [0.15, 0.2) is 182 Å². The fourth-order valence-corrected chi connectivity index (χ4v) is 8.83. The first kappa shape index (κ1) is 30.9. The highest BCUT2D eigenvalue weighted by Gasteiger charge is 2.17. The van der Waals surface area contributed by atoms with Gasteiger partial charge in [0.25, 0.3) is 0 Å². The minimum absolute atomic E-state index is 0.627. The van der Waals surface area contributed by atoms with Crippen molar-refractivity contribution in [3.8, 4) is 45.3 Å². The van der Waals surface area contributed by atoms with E-state index in [1.165, 1.54) is 70.2 Å². The highest BCUT2D eigenvalue weighted by atomic mass is 15.0. The van der Waals surface area contributed by atoms with Gasteiger partial charge in [-0.15, -0.1) is 0 Å². The third-order valence-electron chi connectivity index (χ3n) is 11.4. The Morgan fingerprint density at radius 3 is 1.39 bits per heavy atom. The molecule has 0 bridgehead atoms. The summed E-state index contributed by atoms with van der Waals surface area (Å²) in [6, 6.07) is 63.0. The topological polar surface area (TPSA) is 51.6 Å². The first-order valence-corrected chi connectivity index (χ1v) is 19.0. The van der Waals surface area contributed by atoms with E-state index in [4.69, 9.17) is 15.0 Å². The lowest BCUT2D eigenvalue weighted by Crippen LogP contribution is -2.00. The minimum atomic E-state index is 0.627. The molecule has 0 radical (unpaired) electrons. The SMILES string of the molecule is c1ccc(-c2nc(-c3ccc(-c4cc5ccc6cccc7c8cccc9ccc%10cccc(c(c4)c5c67)c%10c98)cc3)nc(-c3ccc4ncccc4c3)n2)cc1. The smallest absolute Gasteiger partial charge is 0.164 e. The number of hydrogen-bond donors (Lipinski definition) is 0. The molecule has 0 fully saturated rings. The predicted molar refractivity (Wildman–Crippen MR) is 233 cm³/mol. The van der Waals surface area contributed by atoms with Gasteiger partial charge in [0, 0.05) is 28.3 Å². The molecule has 0 saturated carbocycles. The van der Waals surface area contributed by atoms with Crippen molar-refractivity contribution in [1.82, 2.24) is 19.9 Å². The van der Waals surface area contributed by atoms with Crippen molar-refractivity contribution in [3.05, 3.63) is 182 Å². The molecule has 0 aliphatic rings. The molecular weight excluding hydrogens is 681 g/mol. The predicted octanol–water partition coefficient (Wildman–Crippen LogP) is 13.4. The standard InChI is InChI=1S/C52H30N4/c1-2-8-35(9-3-1)50-54-51(56-52(55-50)39-25-26-45-37(28-39)13-7-27-53-45)36-22-17-31(18-23-36)40-29-38-24-21-34-11-5-15-42-41-14-4-10-32-19-20-33-12-6-16-43(48(33)46(32)41)44(30-40)49(38)47(34)42/h1-30H. The lowest BCUT2D eigenvalue weighted by molar-refractivity contribution is 1.07. The highest BCUT2D eigenvalue weighted by Crippen LogP contribution is 2.44. The lowest BCUT2D eigenvalue weighted by Gasteiger charge is -2.17. The average Bonchev–Trinajstić information content (AvgIpc) is 3.27. The van der Waals surface area contributed by atoms with E-state index in [2.05, 4.69) is 132 Å². The summed E-state index contributed by atoms with van der Waals surface area (Å²) in [5, 5.41) is 16.4. The fraction of sp³-hybridized carbons (Fsp3) is 0. The Hall–Kier alpha value is -7.56. The van der Waals surface area contributed by atoms with Gasteiger partial charge in [-0.25, -0.2) is 15.0 Å². The zero-order valence-electron chi connectivity index (χ0n) is 30.1. The number of pyridine rings is 1. The largest absolute Gasteiger partial charge is 0.256 e. The molecule has 4 nitrogen and oxygen atoms in total. The molecule has 2 aromatic heterocycles. The van der Waals surface area contributed by atoms with E-state index in [1.54, 1.807) is 0 Å². The van der Waals surface area contributed by atoms with Crippen LogP contribution < -0.4 is 0 Å². The van der Waals surface area contributed by atoms with Crippen LogP contribution in [-0.4, -0.2) is 19.9 Å². The molecule has 4 heteroatoms. The van der Waals surface area contributed by atoms with Crippen molar-refractivity contribution in [2.24, 2.45) is 0 Å². The molecule has 0 spiro atoms. The van der Waals surface area contributed by atoms with Gasteiger partial charge in [-0.1, -0.05) is 140 Å². The summed E-state index contributed by atoms with van der Waals surface area (Å²) in [4.78, 5) is 19.5. The maximum atomic E-state index is 5.05. The van der Waals surface area contributed by atoms with Crippen LogP contribution in [0.3, 0.4) is 0 Å². The van der Waals surface area contributed by atoms with E-state index in [0.29, 0.717) is 17.5 Å². The summed E-state index contributed by atoms with van der Waals surface area (Å²) < 4.78 is 0. The van der Waals surface area contributed by atoms with E-state index in [9.17, 15) is 0 Å². The number of aromatic nitrogens is 4. The van der Waals surface area contributed by atoms with Gasteiger partial charge in [0.15, 0.2) is 17.5 Å². The molecule has 12 aromatic rings. The summed E-state index contributed by atoms with van der Waals surface area (Å²) in [5.41, 5.74) is 6.02. The molecule has 0 amide bonds. The van der Waals surface area contributed by atoms with Gasteiger partial charge in [-0.05, 0) is 112 Å². The Morgan fingerprint density at radius 1 is 0.268 bits per heavy atom. The molecule has 0 aliphatic carbocycles. The van der Waals surface area contributed by atoms with Gasteiger partial charge in [0.05, 0.1) is 5.52 Å². The zero-order chi connectivity index (χ0) is 36.7. The molecule has 10 aromatic carbocycles. The van der Waals surface area contributed by atoms with Crippen molar-refractivity contribution < 1.29 is 0 Å². The van der Waals surface area contributed by atoms with Gasteiger partial charge >= 0.3 is 0 Å². The highest BCUT2D eigenvalue weighted by molar-refractivity contribution is 6.37. The maximum absolute atomic E-state index is 5.05. The Labute approximate surface area is 321 Å². The number of fused-ring (bicyclic) bond motifs is 3. The van der Waals surface area contributed by atoms with Crippen LogP contribution in [-0.2, 0) is 0 Å². The van der Waals surface area contributed by atoms with Crippen molar-refractivity contribution in [2.75, 3.05) is 0 Å². The van der Waals surface area contributed by atoms with E-state index < -0.39 is 0 Å². The summed E-state index contributed by atoms with van der Waals surface area (Å²) in [7, 11) is 0. The summed E-state index contributed by atoms with van der Waals surface area (Å²) in [6.07, 6.45) is 1.81. The normalized spacial score (nSPS) is 11.9. The zero-order valence-corrected chi connectivity index (χ0v) is 30.1. The Bertz CT molecular complexity index is 3510. The first-order valence-electron chi connectivity index (χ1n) is 19.0. The molecule has 0 atom stereocenters. The van der Waals surface area contributed by atoms with Crippen LogP contribution in [0.1, 0.15) is 0 Å². The second kappa shape index (κ2) is 12.0. The quantitative estimate of drug-likeness (QED) is 0.171. The molecule has 56 heavy (non-hydrogen) atoms. The molecule has 0 saturated heterocycles. The second-order valence-corrected chi connectivity index (χ2v) is 14.6. The van der Waals surface area contributed by atoms with Crippen LogP contribution >= 0.6 is 0 Å². The molecule has 0 unspecified atom stereocenters.